The minimum atomic E-state index is 0.538. The van der Waals surface area contributed by atoms with E-state index >= 15 is 0 Å². The van der Waals surface area contributed by atoms with Crippen LogP contribution in [0.3, 0.4) is 0 Å². The van der Waals surface area contributed by atoms with Crippen LogP contribution in [-0.2, 0) is 6.61 Å². The van der Waals surface area contributed by atoms with Gasteiger partial charge >= 0.3 is 0 Å². The molecule has 0 fully saturated rings. The summed E-state index contributed by atoms with van der Waals surface area (Å²) in [5, 5.41) is 2.18. The second-order valence-corrected chi connectivity index (χ2v) is 6.54. The van der Waals surface area contributed by atoms with E-state index in [-0.39, 0.29) is 0 Å². The highest BCUT2D eigenvalue weighted by Crippen LogP contribution is 2.31. The summed E-state index contributed by atoms with van der Waals surface area (Å²) in [6, 6.07) is 15.7. The molecule has 0 aliphatic carbocycles. The van der Waals surface area contributed by atoms with Crippen molar-refractivity contribution in [2.45, 2.75) is 20.5 Å². The summed E-state index contributed by atoms with van der Waals surface area (Å²) >= 11 is 1.71. The van der Waals surface area contributed by atoms with Crippen molar-refractivity contribution in [3.63, 3.8) is 0 Å². The number of thiophene rings is 1. The number of hydrogen-bond donors (Lipinski definition) is 0. The number of aldehydes is 1. The summed E-state index contributed by atoms with van der Waals surface area (Å²) in [4.78, 5) is 11.8. The molecule has 23 heavy (non-hydrogen) atoms. The molecule has 2 nitrogen and oxygen atoms in total. The van der Waals surface area contributed by atoms with Crippen LogP contribution in [-0.4, -0.2) is 6.29 Å². The Hall–Kier alpha value is -2.39. The van der Waals surface area contributed by atoms with E-state index in [0.717, 1.165) is 12.0 Å². The van der Waals surface area contributed by atoms with Gasteiger partial charge < -0.3 is 4.74 Å². The minimum Gasteiger partial charge on any atom is -0.488 e. The molecular weight excluding hydrogens is 304 g/mol. The highest BCUT2D eigenvalue weighted by atomic mass is 32.1. The molecule has 0 saturated heterocycles. The molecule has 0 saturated carbocycles. The largest absolute Gasteiger partial charge is 0.488 e. The van der Waals surface area contributed by atoms with Crippen LogP contribution in [0.1, 0.15) is 26.4 Å². The van der Waals surface area contributed by atoms with Crippen LogP contribution in [0.5, 0.6) is 5.75 Å². The van der Waals surface area contributed by atoms with Gasteiger partial charge in [0.15, 0.2) is 0 Å². The molecular formula is C20H18O2S. The molecule has 3 aromatic rings. The summed E-state index contributed by atoms with van der Waals surface area (Å²) < 4.78 is 5.80. The maximum absolute atomic E-state index is 10.7. The lowest BCUT2D eigenvalue weighted by molar-refractivity contribution is 0.112. The van der Waals surface area contributed by atoms with Gasteiger partial charge in [-0.3, -0.25) is 4.79 Å². The van der Waals surface area contributed by atoms with Crippen LogP contribution >= 0.6 is 11.3 Å². The van der Waals surface area contributed by atoms with Crippen molar-refractivity contribution < 1.29 is 9.53 Å². The number of carbonyl (C=O) groups excluding carboxylic acids is 1. The van der Waals surface area contributed by atoms with Crippen molar-refractivity contribution in [3.05, 3.63) is 75.5 Å². The molecule has 3 heteroatoms. The fraction of sp³-hybridized carbons (Fsp3) is 0.150. The number of carbonyl (C=O) groups is 1. The van der Waals surface area contributed by atoms with E-state index in [1.165, 1.54) is 27.1 Å². The Morgan fingerprint density at radius 3 is 2.39 bits per heavy atom. The number of aryl methyl sites for hydroxylation is 2. The quantitative estimate of drug-likeness (QED) is 0.586. The van der Waals surface area contributed by atoms with Gasteiger partial charge in [-0.25, -0.2) is 0 Å². The average molecular weight is 322 g/mol. The van der Waals surface area contributed by atoms with Crippen molar-refractivity contribution in [1.29, 1.82) is 0 Å². The molecule has 0 amide bonds. The summed E-state index contributed by atoms with van der Waals surface area (Å²) in [5.74, 6) is 0.776. The molecule has 1 heterocycles. The minimum absolute atomic E-state index is 0.538. The summed E-state index contributed by atoms with van der Waals surface area (Å²) in [6.45, 7) is 4.82. The van der Waals surface area contributed by atoms with Crippen molar-refractivity contribution in [1.82, 2.24) is 0 Å². The molecule has 3 rings (SSSR count). The first kappa shape index (κ1) is 15.5. The molecule has 116 valence electrons. The van der Waals surface area contributed by atoms with Gasteiger partial charge in [0.1, 0.15) is 18.6 Å². The molecule has 1 aromatic heterocycles. The zero-order chi connectivity index (χ0) is 16.2. The molecule has 0 atom stereocenters. The van der Waals surface area contributed by atoms with Gasteiger partial charge in [0.25, 0.3) is 0 Å². The second kappa shape index (κ2) is 6.80. The van der Waals surface area contributed by atoms with Gasteiger partial charge in [0.05, 0.1) is 0 Å². The molecule has 0 N–H and O–H groups in total. The van der Waals surface area contributed by atoms with E-state index in [1.807, 2.05) is 12.1 Å². The predicted octanol–water partition coefficient (Wildman–Crippen LogP) is 5.42. The van der Waals surface area contributed by atoms with Gasteiger partial charge in [-0.2, -0.15) is 0 Å². The molecule has 2 aromatic carbocycles. The normalized spacial score (nSPS) is 10.5. The van der Waals surface area contributed by atoms with Crippen LogP contribution < -0.4 is 4.74 Å². The smallest absolute Gasteiger partial charge is 0.150 e. The average Bonchev–Trinajstić information content (AvgIpc) is 3.02. The van der Waals surface area contributed by atoms with Crippen LogP contribution in [0.2, 0.25) is 0 Å². The molecule has 0 spiro atoms. The summed E-state index contributed by atoms with van der Waals surface area (Å²) in [6.07, 6.45) is 0.833. The SMILES string of the molecule is Cc1cccc(C)c1-c1csc(COc2ccc(C=O)cc2)c1. The Morgan fingerprint density at radius 1 is 1.04 bits per heavy atom. The third kappa shape index (κ3) is 3.51. The first-order chi connectivity index (χ1) is 11.2. The Morgan fingerprint density at radius 2 is 1.74 bits per heavy atom. The molecule has 0 radical (unpaired) electrons. The van der Waals surface area contributed by atoms with Gasteiger partial charge in [0.2, 0.25) is 0 Å². The monoisotopic (exact) mass is 322 g/mol. The third-order valence-electron chi connectivity index (χ3n) is 3.82. The molecule has 0 aliphatic heterocycles. The van der Waals surface area contributed by atoms with Crippen molar-refractivity contribution >= 4 is 17.6 Å². The van der Waals surface area contributed by atoms with E-state index in [0.29, 0.717) is 12.2 Å². The first-order valence-corrected chi connectivity index (χ1v) is 8.37. The first-order valence-electron chi connectivity index (χ1n) is 7.49. The van der Waals surface area contributed by atoms with E-state index in [2.05, 4.69) is 43.5 Å². The van der Waals surface area contributed by atoms with Crippen molar-refractivity contribution in [2.75, 3.05) is 0 Å². The van der Waals surface area contributed by atoms with Gasteiger partial charge in [-0.1, -0.05) is 18.2 Å². The maximum atomic E-state index is 10.7. The molecule has 0 aliphatic rings. The zero-order valence-electron chi connectivity index (χ0n) is 13.2. The van der Waals surface area contributed by atoms with Crippen molar-refractivity contribution in [3.8, 4) is 16.9 Å². The van der Waals surface area contributed by atoms with Crippen molar-refractivity contribution in [2.24, 2.45) is 0 Å². The van der Waals surface area contributed by atoms with Gasteiger partial charge in [-0.05, 0) is 71.8 Å². The topological polar surface area (TPSA) is 26.3 Å². The Balaban J connectivity index is 1.73. The fourth-order valence-corrected chi connectivity index (χ4v) is 3.44. The Kier molecular flexibility index (Phi) is 4.58. The van der Waals surface area contributed by atoms with Crippen LogP contribution in [0.4, 0.5) is 0 Å². The summed E-state index contributed by atoms with van der Waals surface area (Å²) in [5.41, 5.74) is 5.80. The highest BCUT2D eigenvalue weighted by Gasteiger charge is 2.08. The number of rotatable bonds is 5. The van der Waals surface area contributed by atoms with Crippen LogP contribution in [0.25, 0.3) is 11.1 Å². The van der Waals surface area contributed by atoms with Gasteiger partial charge in [-0.15, -0.1) is 11.3 Å². The third-order valence-corrected chi connectivity index (χ3v) is 4.73. The van der Waals surface area contributed by atoms with E-state index < -0.39 is 0 Å². The number of hydrogen-bond acceptors (Lipinski definition) is 3. The number of ether oxygens (including phenoxy) is 1. The van der Waals surface area contributed by atoms with E-state index in [4.69, 9.17) is 4.74 Å². The lowest BCUT2D eigenvalue weighted by Crippen LogP contribution is -1.93. The molecule has 0 bridgehead atoms. The molecule has 0 unspecified atom stereocenters. The lowest BCUT2D eigenvalue weighted by Gasteiger charge is -2.07. The summed E-state index contributed by atoms with van der Waals surface area (Å²) in [7, 11) is 0. The Labute approximate surface area is 140 Å². The predicted molar refractivity (Wildman–Crippen MR) is 95.4 cm³/mol. The highest BCUT2D eigenvalue weighted by molar-refractivity contribution is 7.10. The van der Waals surface area contributed by atoms with Crippen LogP contribution in [0, 0.1) is 13.8 Å². The van der Waals surface area contributed by atoms with Gasteiger partial charge in [0, 0.05) is 10.4 Å². The van der Waals surface area contributed by atoms with E-state index in [1.54, 1.807) is 23.5 Å². The van der Waals surface area contributed by atoms with E-state index in [9.17, 15) is 4.79 Å². The maximum Gasteiger partial charge on any atom is 0.150 e. The zero-order valence-corrected chi connectivity index (χ0v) is 14.0. The standard InChI is InChI=1S/C20H18O2S/c1-14-4-3-5-15(2)20(14)17-10-19(23-13-17)12-22-18-8-6-16(11-21)7-9-18/h3-11,13H,12H2,1-2H3. The lowest BCUT2D eigenvalue weighted by atomic mass is 9.98. The fourth-order valence-electron chi connectivity index (χ4n) is 2.65. The van der Waals surface area contributed by atoms with Crippen LogP contribution in [0.15, 0.2) is 53.9 Å². The second-order valence-electron chi connectivity index (χ2n) is 5.54. The Bertz CT molecular complexity index is 796. The number of benzene rings is 2.